The summed E-state index contributed by atoms with van der Waals surface area (Å²) in [6, 6.07) is 14.2. The molecule has 2 aromatic rings. The minimum Gasteiger partial charge on any atom is -0.494 e. The lowest BCUT2D eigenvalue weighted by molar-refractivity contribution is -0.907. The summed E-state index contributed by atoms with van der Waals surface area (Å²) in [7, 11) is 0. The van der Waals surface area contributed by atoms with Gasteiger partial charge in [-0.2, -0.15) is 0 Å². The van der Waals surface area contributed by atoms with Crippen LogP contribution in [0.1, 0.15) is 31.1 Å². The van der Waals surface area contributed by atoms with Crippen LogP contribution in [0.5, 0.6) is 5.75 Å². The second-order valence-corrected chi connectivity index (χ2v) is 7.60. The second-order valence-electron chi connectivity index (χ2n) is 7.60. The first-order valence-electron chi connectivity index (χ1n) is 10.4. The standard InChI is InChI=1S/C23H29N3O4/c1-4-29-19-11-9-18(10-12-19)24-23(28)20-7-5-6-8-21(20)25-22(27)15-26-13-16(2)30-17(3)14-26/h5-12,16-17H,4,13-15H2,1-3H3,(H,24,28)(H,25,27)/p+1/t16-,17-/m1/s1. The van der Waals surface area contributed by atoms with E-state index in [0.717, 1.165) is 18.8 Å². The molecule has 3 rings (SSSR count). The Bertz CT molecular complexity index is 859. The summed E-state index contributed by atoms with van der Waals surface area (Å²) in [6.45, 7) is 8.47. The van der Waals surface area contributed by atoms with Crippen LogP contribution in [0.3, 0.4) is 0 Å². The van der Waals surface area contributed by atoms with Gasteiger partial charge in [0.25, 0.3) is 11.8 Å². The number of quaternary nitrogens is 1. The highest BCUT2D eigenvalue weighted by molar-refractivity contribution is 6.10. The number of anilines is 2. The highest BCUT2D eigenvalue weighted by Crippen LogP contribution is 2.19. The zero-order chi connectivity index (χ0) is 21.5. The molecule has 0 saturated carbocycles. The molecule has 0 unspecified atom stereocenters. The van der Waals surface area contributed by atoms with Crippen LogP contribution < -0.4 is 20.3 Å². The Hall–Kier alpha value is -2.90. The summed E-state index contributed by atoms with van der Waals surface area (Å²) in [5.74, 6) is 0.348. The third kappa shape index (κ3) is 6.05. The van der Waals surface area contributed by atoms with E-state index in [1.807, 2.05) is 20.8 Å². The fourth-order valence-electron chi connectivity index (χ4n) is 3.74. The molecule has 160 valence electrons. The number of nitrogens with one attached hydrogen (secondary N) is 3. The van der Waals surface area contributed by atoms with Gasteiger partial charge in [0.2, 0.25) is 0 Å². The van der Waals surface area contributed by atoms with Gasteiger partial charge in [0.05, 0.1) is 17.9 Å². The molecular formula is C23H30N3O4+. The third-order valence-electron chi connectivity index (χ3n) is 4.90. The number of benzene rings is 2. The van der Waals surface area contributed by atoms with Crippen LogP contribution in [-0.4, -0.2) is 50.3 Å². The quantitative estimate of drug-likeness (QED) is 0.650. The van der Waals surface area contributed by atoms with E-state index in [1.54, 1.807) is 48.5 Å². The maximum Gasteiger partial charge on any atom is 0.279 e. The first-order chi connectivity index (χ1) is 14.4. The Morgan fingerprint density at radius 2 is 1.70 bits per heavy atom. The molecule has 0 spiro atoms. The van der Waals surface area contributed by atoms with E-state index in [9.17, 15) is 9.59 Å². The van der Waals surface area contributed by atoms with Gasteiger partial charge in [-0.1, -0.05) is 12.1 Å². The molecule has 30 heavy (non-hydrogen) atoms. The predicted octanol–water partition coefficient (Wildman–Crippen LogP) is 1.97. The number of ether oxygens (including phenoxy) is 2. The summed E-state index contributed by atoms with van der Waals surface area (Å²) in [5.41, 5.74) is 1.57. The van der Waals surface area contributed by atoms with Gasteiger partial charge in [-0.05, 0) is 57.2 Å². The van der Waals surface area contributed by atoms with Crippen molar-refractivity contribution in [1.29, 1.82) is 0 Å². The lowest BCUT2D eigenvalue weighted by Gasteiger charge is -2.31. The van der Waals surface area contributed by atoms with E-state index in [-0.39, 0.29) is 24.0 Å². The van der Waals surface area contributed by atoms with Gasteiger partial charge in [-0.25, -0.2) is 0 Å². The SMILES string of the molecule is CCOc1ccc(NC(=O)c2ccccc2NC(=O)C[NH+]2C[C@@H](C)O[C@H](C)C2)cc1. The summed E-state index contributed by atoms with van der Waals surface area (Å²) >= 11 is 0. The second kappa shape index (κ2) is 10.2. The number of rotatable bonds is 7. The summed E-state index contributed by atoms with van der Waals surface area (Å²) in [6.07, 6.45) is 0.257. The molecule has 1 heterocycles. The Morgan fingerprint density at radius 3 is 2.37 bits per heavy atom. The number of carbonyl (C=O) groups excluding carboxylic acids is 2. The summed E-state index contributed by atoms with van der Waals surface area (Å²) < 4.78 is 11.1. The molecule has 1 aliphatic rings. The molecule has 2 aromatic carbocycles. The molecule has 7 nitrogen and oxygen atoms in total. The van der Waals surface area contributed by atoms with E-state index in [1.165, 1.54) is 4.90 Å². The first kappa shape index (κ1) is 21.8. The molecule has 2 amide bonds. The monoisotopic (exact) mass is 412 g/mol. The van der Waals surface area contributed by atoms with Gasteiger partial charge < -0.3 is 25.0 Å². The molecule has 0 bridgehead atoms. The van der Waals surface area contributed by atoms with Crippen LogP contribution >= 0.6 is 0 Å². The molecular weight excluding hydrogens is 382 g/mol. The van der Waals surface area contributed by atoms with E-state index >= 15 is 0 Å². The fourth-order valence-corrected chi connectivity index (χ4v) is 3.74. The van der Waals surface area contributed by atoms with Gasteiger partial charge in [0, 0.05) is 5.69 Å². The van der Waals surface area contributed by atoms with Crippen LogP contribution in [0.2, 0.25) is 0 Å². The first-order valence-corrected chi connectivity index (χ1v) is 10.4. The van der Waals surface area contributed by atoms with Crippen molar-refractivity contribution in [3.8, 4) is 5.75 Å². The Morgan fingerprint density at radius 1 is 1.03 bits per heavy atom. The van der Waals surface area contributed by atoms with E-state index in [2.05, 4.69) is 10.6 Å². The lowest BCUT2D eigenvalue weighted by Crippen LogP contribution is -3.16. The van der Waals surface area contributed by atoms with E-state index in [0.29, 0.717) is 30.1 Å². The normalized spacial score (nSPS) is 21.0. The van der Waals surface area contributed by atoms with Crippen molar-refractivity contribution < 1.29 is 24.0 Å². The van der Waals surface area contributed by atoms with Crippen LogP contribution in [0.15, 0.2) is 48.5 Å². The zero-order valence-corrected chi connectivity index (χ0v) is 17.7. The highest BCUT2D eigenvalue weighted by Gasteiger charge is 2.27. The van der Waals surface area contributed by atoms with Crippen molar-refractivity contribution >= 4 is 23.2 Å². The summed E-state index contributed by atoms with van der Waals surface area (Å²) in [5, 5.41) is 5.77. The number of morpholine rings is 1. The average Bonchev–Trinajstić information content (AvgIpc) is 2.69. The van der Waals surface area contributed by atoms with Gasteiger partial charge in [0.15, 0.2) is 6.54 Å². The lowest BCUT2D eigenvalue weighted by atomic mass is 10.1. The van der Waals surface area contributed by atoms with Gasteiger partial charge in [-0.3, -0.25) is 9.59 Å². The topological polar surface area (TPSA) is 81.1 Å². The fraction of sp³-hybridized carbons (Fsp3) is 0.391. The molecule has 1 aliphatic heterocycles. The Balaban J connectivity index is 1.63. The number of amides is 2. The largest absolute Gasteiger partial charge is 0.494 e. The summed E-state index contributed by atoms with van der Waals surface area (Å²) in [4.78, 5) is 26.6. The molecule has 0 radical (unpaired) electrons. The van der Waals surface area contributed by atoms with Crippen LogP contribution in [0.4, 0.5) is 11.4 Å². The Kier molecular flexibility index (Phi) is 7.43. The van der Waals surface area contributed by atoms with Crippen LogP contribution in [-0.2, 0) is 9.53 Å². The van der Waals surface area contributed by atoms with Crippen molar-refractivity contribution in [3.05, 3.63) is 54.1 Å². The van der Waals surface area contributed by atoms with Gasteiger partial charge >= 0.3 is 0 Å². The Labute approximate surface area is 177 Å². The smallest absolute Gasteiger partial charge is 0.279 e. The van der Waals surface area contributed by atoms with Crippen LogP contribution in [0.25, 0.3) is 0 Å². The molecule has 3 N–H and O–H groups in total. The zero-order valence-electron chi connectivity index (χ0n) is 17.7. The van der Waals surface area contributed by atoms with E-state index in [4.69, 9.17) is 9.47 Å². The third-order valence-corrected chi connectivity index (χ3v) is 4.90. The highest BCUT2D eigenvalue weighted by atomic mass is 16.5. The van der Waals surface area contributed by atoms with Gasteiger partial charge in [-0.15, -0.1) is 0 Å². The molecule has 2 atom stereocenters. The number of carbonyl (C=O) groups is 2. The van der Waals surface area contributed by atoms with Crippen molar-refractivity contribution in [2.45, 2.75) is 33.0 Å². The minimum absolute atomic E-state index is 0.118. The van der Waals surface area contributed by atoms with Crippen LogP contribution in [0, 0.1) is 0 Å². The number of para-hydroxylation sites is 1. The van der Waals surface area contributed by atoms with Gasteiger partial charge in [0.1, 0.15) is 31.0 Å². The maximum atomic E-state index is 12.8. The van der Waals surface area contributed by atoms with Crippen molar-refractivity contribution in [2.75, 3.05) is 36.9 Å². The van der Waals surface area contributed by atoms with Crippen molar-refractivity contribution in [2.24, 2.45) is 0 Å². The average molecular weight is 413 g/mol. The molecule has 0 aliphatic carbocycles. The molecule has 1 saturated heterocycles. The van der Waals surface area contributed by atoms with Crippen molar-refractivity contribution in [3.63, 3.8) is 0 Å². The predicted molar refractivity (Wildman–Crippen MR) is 116 cm³/mol. The number of hydrogen-bond acceptors (Lipinski definition) is 4. The molecule has 1 fully saturated rings. The number of hydrogen-bond donors (Lipinski definition) is 3. The minimum atomic E-state index is -0.281. The van der Waals surface area contributed by atoms with Crippen molar-refractivity contribution in [1.82, 2.24) is 0 Å². The van der Waals surface area contributed by atoms with E-state index < -0.39 is 0 Å². The molecule has 0 aromatic heterocycles. The maximum absolute atomic E-state index is 12.8. The molecule has 7 heteroatoms.